The highest BCUT2D eigenvalue weighted by atomic mass is 14.2. The smallest absolute Gasteiger partial charge is 0.00126 e. The van der Waals surface area contributed by atoms with Crippen LogP contribution in [0.5, 0.6) is 0 Å². The summed E-state index contributed by atoms with van der Waals surface area (Å²) >= 11 is 0. The summed E-state index contributed by atoms with van der Waals surface area (Å²) in [6, 6.07) is 0. The molecule has 0 amide bonds. The average Bonchev–Trinajstić information content (AvgIpc) is 2.06. The third kappa shape index (κ3) is 1.69. The van der Waals surface area contributed by atoms with Crippen molar-refractivity contribution < 1.29 is 0 Å². The molecule has 0 saturated carbocycles. The van der Waals surface area contributed by atoms with Gasteiger partial charge in [0, 0.05) is 5.92 Å². The lowest BCUT2D eigenvalue weighted by atomic mass is 9.83. The predicted octanol–water partition coefficient (Wildman–Crippen LogP) is 3.48. The maximum absolute atomic E-state index is 2.38. The van der Waals surface area contributed by atoms with Crippen molar-refractivity contribution in [2.45, 2.75) is 25.7 Å². The van der Waals surface area contributed by atoms with Gasteiger partial charge in [-0.2, -0.15) is 0 Å². The van der Waals surface area contributed by atoms with Crippen molar-refractivity contribution in [3.05, 3.63) is 36.5 Å². The third-order valence-electron chi connectivity index (χ3n) is 2.81. The van der Waals surface area contributed by atoms with Gasteiger partial charge in [0.15, 0.2) is 0 Å². The minimum absolute atomic E-state index is 0.690. The Hall–Kier alpha value is -0.780. The number of fused-ring (bicyclic) bond motifs is 1. The second kappa shape index (κ2) is 3.75. The molecule has 0 nitrogen and oxygen atoms in total. The Morgan fingerprint density at radius 3 is 2.83 bits per heavy atom. The van der Waals surface area contributed by atoms with E-state index in [1.54, 1.807) is 0 Å². The van der Waals surface area contributed by atoms with Crippen LogP contribution in [0.25, 0.3) is 0 Å². The number of hydrogen-bond acceptors (Lipinski definition) is 0. The van der Waals surface area contributed by atoms with Crippen molar-refractivity contribution in [2.75, 3.05) is 0 Å². The lowest BCUT2D eigenvalue weighted by molar-refractivity contribution is 0.471. The van der Waals surface area contributed by atoms with Gasteiger partial charge in [0.2, 0.25) is 0 Å². The molecule has 2 atom stereocenters. The van der Waals surface area contributed by atoms with Crippen molar-refractivity contribution in [3.63, 3.8) is 0 Å². The lowest BCUT2D eigenvalue weighted by Crippen LogP contribution is -2.11. The molecule has 12 heavy (non-hydrogen) atoms. The van der Waals surface area contributed by atoms with Crippen LogP contribution in [-0.4, -0.2) is 0 Å². The standard InChI is InChI=1S/C12H16/c1-2-4-8-12-10-6-5-9-11(12)7-3-1/h3,5-7,9-12H,1-2,4,8H2/b7-3-. The summed E-state index contributed by atoms with van der Waals surface area (Å²) in [5, 5.41) is 0. The van der Waals surface area contributed by atoms with Crippen molar-refractivity contribution in [2.24, 2.45) is 11.8 Å². The van der Waals surface area contributed by atoms with E-state index >= 15 is 0 Å². The molecule has 0 aromatic carbocycles. The molecule has 0 heterocycles. The van der Waals surface area contributed by atoms with E-state index in [1.165, 1.54) is 25.7 Å². The summed E-state index contributed by atoms with van der Waals surface area (Å²) in [5.41, 5.74) is 0. The Balaban J connectivity index is 2.12. The molecule has 0 spiro atoms. The van der Waals surface area contributed by atoms with Crippen LogP contribution < -0.4 is 0 Å². The summed E-state index contributed by atoms with van der Waals surface area (Å²) in [6.45, 7) is 0. The molecular formula is C12H16. The Bertz CT molecular complexity index is 220. The van der Waals surface area contributed by atoms with Crippen LogP contribution in [0.1, 0.15) is 25.7 Å². The Morgan fingerprint density at radius 2 is 1.83 bits per heavy atom. The van der Waals surface area contributed by atoms with Crippen LogP contribution in [0, 0.1) is 11.8 Å². The first-order chi connectivity index (χ1) is 5.97. The van der Waals surface area contributed by atoms with E-state index in [-0.39, 0.29) is 0 Å². The molecule has 0 aliphatic heterocycles. The molecule has 2 aliphatic rings. The van der Waals surface area contributed by atoms with Gasteiger partial charge in [-0.3, -0.25) is 0 Å². The highest BCUT2D eigenvalue weighted by Crippen LogP contribution is 2.28. The Morgan fingerprint density at radius 1 is 0.917 bits per heavy atom. The molecule has 0 saturated heterocycles. The van der Waals surface area contributed by atoms with Crippen LogP contribution in [0.2, 0.25) is 0 Å². The fourth-order valence-electron chi connectivity index (χ4n) is 2.06. The molecule has 2 unspecified atom stereocenters. The summed E-state index contributed by atoms with van der Waals surface area (Å²) in [6.07, 6.45) is 19.2. The van der Waals surface area contributed by atoms with Gasteiger partial charge in [0.1, 0.15) is 0 Å². The van der Waals surface area contributed by atoms with E-state index in [1.807, 2.05) is 0 Å². The zero-order chi connectivity index (χ0) is 8.23. The van der Waals surface area contributed by atoms with Gasteiger partial charge in [0.05, 0.1) is 0 Å². The zero-order valence-corrected chi connectivity index (χ0v) is 7.45. The molecule has 64 valence electrons. The van der Waals surface area contributed by atoms with Gasteiger partial charge in [-0.1, -0.05) is 42.9 Å². The molecule has 0 aromatic rings. The minimum atomic E-state index is 0.690. The quantitative estimate of drug-likeness (QED) is 0.476. The molecule has 0 radical (unpaired) electrons. The second-order valence-corrected chi connectivity index (χ2v) is 3.72. The maximum Gasteiger partial charge on any atom is 0.00126 e. The zero-order valence-electron chi connectivity index (χ0n) is 7.45. The summed E-state index contributed by atoms with van der Waals surface area (Å²) in [7, 11) is 0. The van der Waals surface area contributed by atoms with Gasteiger partial charge in [-0.25, -0.2) is 0 Å². The van der Waals surface area contributed by atoms with Crippen LogP contribution in [0.15, 0.2) is 36.5 Å². The molecule has 0 bridgehead atoms. The molecule has 2 rings (SSSR count). The first-order valence-electron chi connectivity index (χ1n) is 4.98. The van der Waals surface area contributed by atoms with Gasteiger partial charge < -0.3 is 0 Å². The fraction of sp³-hybridized carbons (Fsp3) is 0.500. The van der Waals surface area contributed by atoms with E-state index in [0.29, 0.717) is 5.92 Å². The average molecular weight is 160 g/mol. The Kier molecular flexibility index (Phi) is 2.45. The highest BCUT2D eigenvalue weighted by molar-refractivity contribution is 5.18. The molecule has 0 N–H and O–H groups in total. The number of rotatable bonds is 0. The van der Waals surface area contributed by atoms with Crippen LogP contribution in [-0.2, 0) is 0 Å². The first kappa shape index (κ1) is 7.85. The Labute approximate surface area is 74.7 Å². The van der Waals surface area contributed by atoms with Gasteiger partial charge in [-0.15, -0.1) is 0 Å². The fourth-order valence-corrected chi connectivity index (χ4v) is 2.06. The second-order valence-electron chi connectivity index (χ2n) is 3.72. The normalized spacial score (nSPS) is 36.7. The predicted molar refractivity (Wildman–Crippen MR) is 52.9 cm³/mol. The van der Waals surface area contributed by atoms with Crippen LogP contribution >= 0.6 is 0 Å². The van der Waals surface area contributed by atoms with Crippen molar-refractivity contribution in [1.29, 1.82) is 0 Å². The minimum Gasteiger partial charge on any atom is -0.0879 e. The van der Waals surface area contributed by atoms with E-state index in [2.05, 4.69) is 36.5 Å². The molecule has 2 aliphatic carbocycles. The SMILES string of the molecule is C1=CC2/C=C\CCCCC2C=C1. The molecule has 0 heteroatoms. The summed E-state index contributed by atoms with van der Waals surface area (Å²) in [4.78, 5) is 0. The number of hydrogen-bond donors (Lipinski definition) is 0. The maximum atomic E-state index is 2.38. The van der Waals surface area contributed by atoms with Gasteiger partial charge in [-0.05, 0) is 25.2 Å². The van der Waals surface area contributed by atoms with E-state index < -0.39 is 0 Å². The van der Waals surface area contributed by atoms with Crippen molar-refractivity contribution in [3.8, 4) is 0 Å². The topological polar surface area (TPSA) is 0 Å². The van der Waals surface area contributed by atoms with Crippen LogP contribution in [0.3, 0.4) is 0 Å². The molecule has 0 fully saturated rings. The van der Waals surface area contributed by atoms with Gasteiger partial charge in [0.25, 0.3) is 0 Å². The number of allylic oxidation sites excluding steroid dienone is 6. The van der Waals surface area contributed by atoms with Crippen LogP contribution in [0.4, 0.5) is 0 Å². The van der Waals surface area contributed by atoms with E-state index in [0.717, 1.165) is 5.92 Å². The highest BCUT2D eigenvalue weighted by Gasteiger charge is 2.16. The molecular weight excluding hydrogens is 144 g/mol. The van der Waals surface area contributed by atoms with Crippen molar-refractivity contribution >= 4 is 0 Å². The van der Waals surface area contributed by atoms with Gasteiger partial charge >= 0.3 is 0 Å². The van der Waals surface area contributed by atoms with E-state index in [4.69, 9.17) is 0 Å². The van der Waals surface area contributed by atoms with E-state index in [9.17, 15) is 0 Å². The largest absolute Gasteiger partial charge is 0.0879 e. The lowest BCUT2D eigenvalue weighted by Gasteiger charge is -2.22. The summed E-state index contributed by atoms with van der Waals surface area (Å²) in [5.74, 6) is 1.47. The third-order valence-corrected chi connectivity index (χ3v) is 2.81. The monoisotopic (exact) mass is 160 g/mol. The first-order valence-corrected chi connectivity index (χ1v) is 4.98. The summed E-state index contributed by atoms with van der Waals surface area (Å²) < 4.78 is 0. The van der Waals surface area contributed by atoms with Crippen molar-refractivity contribution in [1.82, 2.24) is 0 Å². The molecule has 0 aromatic heterocycles.